The van der Waals surface area contributed by atoms with E-state index in [1.165, 1.54) is 0 Å². The molecular formula is C48H34O5. The number of rotatable bonds is 12. The molecule has 5 heteroatoms. The zero-order chi connectivity index (χ0) is 35.7. The molecule has 0 aliphatic rings. The van der Waals surface area contributed by atoms with E-state index in [1.54, 1.807) is 0 Å². The van der Waals surface area contributed by atoms with Crippen LogP contribution in [-0.2, 0) is 0 Å². The van der Waals surface area contributed by atoms with Crippen LogP contribution < -0.4 is 23.7 Å². The van der Waals surface area contributed by atoms with Crippen LogP contribution in [0.3, 0.4) is 0 Å². The number of hydrogen-bond donors (Lipinski definition) is 0. The molecule has 256 valence electrons. The Morgan fingerprint density at radius 2 is 0.547 bits per heavy atom. The zero-order valence-electron chi connectivity index (χ0n) is 28.7. The Morgan fingerprint density at radius 1 is 0.208 bits per heavy atom. The first kappa shape index (κ1) is 32.9. The van der Waals surface area contributed by atoms with Crippen LogP contribution in [0.1, 0.15) is 0 Å². The first-order chi connectivity index (χ1) is 26.2. The van der Waals surface area contributed by atoms with Crippen molar-refractivity contribution >= 4 is 0 Å². The number of para-hydroxylation sites is 4. The predicted octanol–water partition coefficient (Wildman–Crippen LogP) is 14.0. The molecule has 0 saturated heterocycles. The molecule has 0 aliphatic heterocycles. The Kier molecular flexibility index (Phi) is 9.79. The summed E-state index contributed by atoms with van der Waals surface area (Å²) < 4.78 is 31.3. The minimum atomic E-state index is 0.602. The van der Waals surface area contributed by atoms with E-state index in [4.69, 9.17) is 23.7 Å². The highest BCUT2D eigenvalue weighted by atomic mass is 16.5. The Hall–Kier alpha value is -7.24. The van der Waals surface area contributed by atoms with Gasteiger partial charge < -0.3 is 23.7 Å². The summed E-state index contributed by atoms with van der Waals surface area (Å²) in [4.78, 5) is 0. The second-order valence-electron chi connectivity index (χ2n) is 12.1. The van der Waals surface area contributed by atoms with E-state index in [1.807, 2.05) is 182 Å². The molecule has 0 N–H and O–H groups in total. The fraction of sp³-hybridized carbons (Fsp3) is 0. The van der Waals surface area contributed by atoms with Gasteiger partial charge in [0, 0.05) is 17.7 Å². The summed E-state index contributed by atoms with van der Waals surface area (Å²) in [5.41, 5.74) is 4.09. The van der Waals surface area contributed by atoms with Crippen molar-refractivity contribution in [2.45, 2.75) is 0 Å². The highest BCUT2D eigenvalue weighted by molar-refractivity contribution is 5.71. The molecule has 0 amide bonds. The van der Waals surface area contributed by atoms with Crippen molar-refractivity contribution in [1.29, 1.82) is 0 Å². The first-order valence-corrected chi connectivity index (χ1v) is 17.3. The lowest BCUT2D eigenvalue weighted by Gasteiger charge is -2.14. The van der Waals surface area contributed by atoms with Gasteiger partial charge in [-0.25, -0.2) is 0 Å². The second-order valence-corrected chi connectivity index (χ2v) is 12.1. The summed E-state index contributed by atoms with van der Waals surface area (Å²) >= 11 is 0. The topological polar surface area (TPSA) is 46.2 Å². The van der Waals surface area contributed by atoms with E-state index in [0.717, 1.165) is 33.8 Å². The first-order valence-electron chi connectivity index (χ1n) is 17.3. The van der Waals surface area contributed by atoms with Crippen molar-refractivity contribution < 1.29 is 23.7 Å². The molecule has 0 fully saturated rings. The van der Waals surface area contributed by atoms with Gasteiger partial charge in [0.05, 0.1) is 0 Å². The van der Waals surface area contributed by atoms with Gasteiger partial charge in [-0.15, -0.1) is 0 Å². The Bertz CT molecular complexity index is 2440. The highest BCUT2D eigenvalue weighted by Crippen LogP contribution is 2.38. The molecule has 53 heavy (non-hydrogen) atoms. The van der Waals surface area contributed by atoms with Crippen LogP contribution >= 0.6 is 0 Å². The van der Waals surface area contributed by atoms with E-state index in [9.17, 15) is 0 Å². The minimum absolute atomic E-state index is 0.602. The number of hydrogen-bond acceptors (Lipinski definition) is 5. The molecule has 8 aromatic rings. The van der Waals surface area contributed by atoms with Crippen LogP contribution in [0.5, 0.6) is 57.5 Å². The van der Waals surface area contributed by atoms with Crippen molar-refractivity contribution in [3.63, 3.8) is 0 Å². The van der Waals surface area contributed by atoms with Gasteiger partial charge >= 0.3 is 0 Å². The average molecular weight is 691 g/mol. The molecule has 0 atom stereocenters. The number of benzene rings is 8. The fourth-order valence-electron chi connectivity index (χ4n) is 5.85. The van der Waals surface area contributed by atoms with E-state index in [0.29, 0.717) is 46.0 Å². The lowest BCUT2D eigenvalue weighted by atomic mass is 10.0. The quantitative estimate of drug-likeness (QED) is 0.128. The van der Waals surface area contributed by atoms with Gasteiger partial charge in [-0.3, -0.25) is 0 Å². The van der Waals surface area contributed by atoms with Gasteiger partial charge in [0.1, 0.15) is 46.0 Å². The van der Waals surface area contributed by atoms with Crippen LogP contribution in [-0.4, -0.2) is 0 Å². The average Bonchev–Trinajstić information content (AvgIpc) is 3.20. The van der Waals surface area contributed by atoms with Crippen LogP contribution in [0, 0.1) is 0 Å². The van der Waals surface area contributed by atoms with Crippen molar-refractivity contribution in [3.8, 4) is 79.7 Å². The maximum Gasteiger partial charge on any atom is 0.169 e. The second kappa shape index (κ2) is 15.8. The molecule has 0 radical (unpaired) electrons. The predicted molar refractivity (Wildman–Crippen MR) is 210 cm³/mol. The molecule has 0 aliphatic carbocycles. The third-order valence-corrected chi connectivity index (χ3v) is 8.33. The van der Waals surface area contributed by atoms with Gasteiger partial charge in [0.2, 0.25) is 0 Å². The van der Waals surface area contributed by atoms with Crippen LogP contribution in [0.4, 0.5) is 0 Å². The van der Waals surface area contributed by atoms with Gasteiger partial charge in [0.25, 0.3) is 0 Å². The SMILES string of the molecule is c1ccc(Oc2ccccc2Oc2cccc(Oc3cccc(-c4cccc(Oc5cccc(Oc6ccccc6-c6ccccc6)c5)c4)c3)c2)cc1. The Labute approximate surface area is 308 Å². The standard InChI is InChI=1S/C48H34O5/c1-3-15-35(16-4-1)45-27-7-8-28-46(45)52-43-25-13-23-41(33-43)49-39-21-11-17-36(31-39)37-18-12-22-40(32-37)50-42-24-14-26-44(34-42)53-48-30-10-9-29-47(48)51-38-19-5-2-6-20-38/h1-34H. The van der Waals surface area contributed by atoms with Gasteiger partial charge in [-0.05, 0) is 95.6 Å². The van der Waals surface area contributed by atoms with Crippen molar-refractivity contribution in [2.24, 2.45) is 0 Å². The molecule has 0 spiro atoms. The molecule has 8 aromatic carbocycles. The van der Waals surface area contributed by atoms with Crippen LogP contribution in [0.25, 0.3) is 22.3 Å². The summed E-state index contributed by atoms with van der Waals surface area (Å²) in [5, 5.41) is 0. The third kappa shape index (κ3) is 8.39. The minimum Gasteiger partial charge on any atom is -0.457 e. The largest absolute Gasteiger partial charge is 0.457 e. The van der Waals surface area contributed by atoms with Gasteiger partial charge in [0.15, 0.2) is 11.5 Å². The fourth-order valence-corrected chi connectivity index (χ4v) is 5.85. The van der Waals surface area contributed by atoms with Gasteiger partial charge in [-0.1, -0.05) is 115 Å². The summed E-state index contributed by atoms with van der Waals surface area (Å²) in [6.45, 7) is 0. The molecule has 0 heterocycles. The summed E-state index contributed by atoms with van der Waals surface area (Å²) in [5.74, 6) is 6.76. The summed E-state index contributed by atoms with van der Waals surface area (Å²) in [6, 6.07) is 66.7. The Morgan fingerprint density at radius 3 is 1.09 bits per heavy atom. The third-order valence-electron chi connectivity index (χ3n) is 8.33. The molecule has 0 bridgehead atoms. The van der Waals surface area contributed by atoms with E-state index < -0.39 is 0 Å². The monoisotopic (exact) mass is 690 g/mol. The lowest BCUT2D eigenvalue weighted by molar-refractivity contribution is 0.415. The maximum atomic E-state index is 6.35. The Balaban J connectivity index is 0.950. The number of ether oxygens (including phenoxy) is 5. The van der Waals surface area contributed by atoms with Gasteiger partial charge in [-0.2, -0.15) is 0 Å². The zero-order valence-corrected chi connectivity index (χ0v) is 28.7. The smallest absolute Gasteiger partial charge is 0.169 e. The molecule has 5 nitrogen and oxygen atoms in total. The molecule has 0 aromatic heterocycles. The molecular weight excluding hydrogens is 657 g/mol. The maximum absolute atomic E-state index is 6.35. The van der Waals surface area contributed by atoms with Crippen molar-refractivity contribution in [3.05, 3.63) is 206 Å². The summed E-state index contributed by atoms with van der Waals surface area (Å²) in [7, 11) is 0. The highest BCUT2D eigenvalue weighted by Gasteiger charge is 2.11. The summed E-state index contributed by atoms with van der Waals surface area (Å²) in [6.07, 6.45) is 0. The van der Waals surface area contributed by atoms with Crippen molar-refractivity contribution in [1.82, 2.24) is 0 Å². The normalized spacial score (nSPS) is 10.6. The lowest BCUT2D eigenvalue weighted by Crippen LogP contribution is -1.91. The van der Waals surface area contributed by atoms with Crippen molar-refractivity contribution in [2.75, 3.05) is 0 Å². The molecule has 8 rings (SSSR count). The molecule has 0 unspecified atom stereocenters. The molecule has 0 saturated carbocycles. The van der Waals surface area contributed by atoms with E-state index in [2.05, 4.69) is 24.3 Å². The van der Waals surface area contributed by atoms with E-state index in [-0.39, 0.29) is 0 Å². The van der Waals surface area contributed by atoms with Crippen LogP contribution in [0.15, 0.2) is 206 Å². The van der Waals surface area contributed by atoms with Crippen LogP contribution in [0.2, 0.25) is 0 Å². The van der Waals surface area contributed by atoms with E-state index >= 15 is 0 Å².